The zero-order valence-electron chi connectivity index (χ0n) is 20.5. The van der Waals surface area contributed by atoms with Crippen LogP contribution in [0.3, 0.4) is 0 Å². The van der Waals surface area contributed by atoms with Gasteiger partial charge >= 0.3 is 0 Å². The molecule has 6 nitrogen and oxygen atoms in total. The van der Waals surface area contributed by atoms with Gasteiger partial charge in [0.15, 0.2) is 11.5 Å². The van der Waals surface area contributed by atoms with Gasteiger partial charge in [-0.2, -0.15) is 5.10 Å². The Kier molecular flexibility index (Phi) is 7.39. The number of rotatable bonds is 8. The second-order valence-corrected chi connectivity index (χ2v) is 10.0. The summed E-state index contributed by atoms with van der Waals surface area (Å²) in [5.41, 5.74) is 4.62. The van der Waals surface area contributed by atoms with Crippen LogP contribution in [0.1, 0.15) is 11.1 Å². The molecule has 186 valence electrons. The maximum absolute atomic E-state index is 13.4. The lowest BCUT2D eigenvalue weighted by Gasteiger charge is -2.15. The molecule has 0 N–H and O–H groups in total. The molecular formula is C29H25N3O3S2. The Morgan fingerprint density at radius 3 is 2.35 bits per heavy atom. The first-order valence-electron chi connectivity index (χ1n) is 11.7. The highest BCUT2D eigenvalue weighted by atomic mass is 32.2. The van der Waals surface area contributed by atoms with Crippen LogP contribution >= 0.6 is 24.0 Å². The molecule has 1 fully saturated rings. The average molecular weight is 528 g/mol. The van der Waals surface area contributed by atoms with Crippen LogP contribution in [0.4, 0.5) is 0 Å². The van der Waals surface area contributed by atoms with Gasteiger partial charge < -0.3 is 9.47 Å². The number of methoxy groups -OCH3 is 2. The Hall–Kier alpha value is -3.88. The molecule has 5 rings (SSSR count). The molecule has 1 aliphatic rings. The standard InChI is InChI=1S/C29H25N3O3S2/c1-34-24-14-13-20(17-25(24)35-2)15-16-31-28(33)26(37-29(31)36)18-22-19-32(23-11-7-4-8-12-23)30-27(22)21-9-5-3-6-10-21/h3-14,17-19H,15-16H2,1-2H3. The van der Waals surface area contributed by atoms with E-state index < -0.39 is 0 Å². The van der Waals surface area contributed by atoms with Gasteiger partial charge in [-0.1, -0.05) is 78.6 Å². The van der Waals surface area contributed by atoms with Crippen molar-refractivity contribution in [2.75, 3.05) is 20.8 Å². The number of ether oxygens (including phenoxy) is 2. The molecule has 0 unspecified atom stereocenters. The van der Waals surface area contributed by atoms with Crippen molar-refractivity contribution in [1.82, 2.24) is 14.7 Å². The van der Waals surface area contributed by atoms with E-state index in [-0.39, 0.29) is 5.91 Å². The number of nitrogens with zero attached hydrogens (tertiary/aromatic N) is 3. The Balaban J connectivity index is 1.41. The molecule has 4 aromatic rings. The Morgan fingerprint density at radius 2 is 1.65 bits per heavy atom. The van der Waals surface area contributed by atoms with Crippen molar-refractivity contribution < 1.29 is 14.3 Å². The molecule has 2 heterocycles. The number of amides is 1. The highest BCUT2D eigenvalue weighted by Gasteiger charge is 2.32. The summed E-state index contributed by atoms with van der Waals surface area (Å²) in [5, 5.41) is 4.85. The highest BCUT2D eigenvalue weighted by Crippen LogP contribution is 2.35. The van der Waals surface area contributed by atoms with E-state index in [0.29, 0.717) is 33.7 Å². The smallest absolute Gasteiger partial charge is 0.266 e. The van der Waals surface area contributed by atoms with E-state index in [2.05, 4.69) is 0 Å². The fourth-order valence-electron chi connectivity index (χ4n) is 4.14. The number of para-hydroxylation sites is 1. The van der Waals surface area contributed by atoms with Gasteiger partial charge in [0.25, 0.3) is 5.91 Å². The fourth-order valence-corrected chi connectivity index (χ4v) is 5.44. The van der Waals surface area contributed by atoms with Gasteiger partial charge in [-0.15, -0.1) is 0 Å². The number of thioether (sulfide) groups is 1. The summed E-state index contributed by atoms with van der Waals surface area (Å²) >= 11 is 6.91. The molecule has 0 atom stereocenters. The quantitative estimate of drug-likeness (QED) is 0.207. The van der Waals surface area contributed by atoms with Crippen LogP contribution in [0, 0.1) is 0 Å². The number of hydrogen-bond donors (Lipinski definition) is 0. The molecule has 0 radical (unpaired) electrons. The summed E-state index contributed by atoms with van der Waals surface area (Å²) in [6.45, 7) is 0.478. The van der Waals surface area contributed by atoms with Crippen LogP contribution in [-0.2, 0) is 11.2 Å². The number of benzene rings is 3. The lowest BCUT2D eigenvalue weighted by molar-refractivity contribution is -0.122. The topological polar surface area (TPSA) is 56.6 Å². The predicted octanol–water partition coefficient (Wildman–Crippen LogP) is 6.00. The first-order valence-corrected chi connectivity index (χ1v) is 13.0. The molecule has 1 aliphatic heterocycles. The summed E-state index contributed by atoms with van der Waals surface area (Å²) in [4.78, 5) is 15.6. The van der Waals surface area contributed by atoms with E-state index in [9.17, 15) is 4.79 Å². The van der Waals surface area contributed by atoms with Crippen molar-refractivity contribution in [1.29, 1.82) is 0 Å². The van der Waals surface area contributed by atoms with Gasteiger partial charge in [0, 0.05) is 23.9 Å². The summed E-state index contributed by atoms with van der Waals surface area (Å²) in [7, 11) is 3.22. The largest absolute Gasteiger partial charge is 0.493 e. The van der Waals surface area contributed by atoms with Gasteiger partial charge in [-0.05, 0) is 42.3 Å². The first-order chi connectivity index (χ1) is 18.1. The zero-order chi connectivity index (χ0) is 25.8. The molecule has 0 spiro atoms. The van der Waals surface area contributed by atoms with Crippen molar-refractivity contribution in [2.45, 2.75) is 6.42 Å². The molecule has 0 aliphatic carbocycles. The number of carbonyl (C=O) groups is 1. The van der Waals surface area contributed by atoms with E-state index in [1.165, 1.54) is 11.8 Å². The van der Waals surface area contributed by atoms with Gasteiger partial charge in [-0.25, -0.2) is 4.68 Å². The molecule has 8 heteroatoms. The minimum Gasteiger partial charge on any atom is -0.493 e. The van der Waals surface area contributed by atoms with Gasteiger partial charge in [0.1, 0.15) is 4.32 Å². The van der Waals surface area contributed by atoms with E-state index >= 15 is 0 Å². The molecule has 0 bridgehead atoms. The lowest BCUT2D eigenvalue weighted by atomic mass is 10.1. The minimum atomic E-state index is -0.0954. The van der Waals surface area contributed by atoms with Crippen molar-refractivity contribution in [3.8, 4) is 28.4 Å². The molecule has 3 aromatic carbocycles. The van der Waals surface area contributed by atoms with Crippen LogP contribution < -0.4 is 9.47 Å². The fraction of sp³-hybridized carbons (Fsp3) is 0.138. The maximum atomic E-state index is 13.4. The third kappa shape index (κ3) is 5.30. The third-order valence-corrected chi connectivity index (χ3v) is 7.42. The van der Waals surface area contributed by atoms with Gasteiger partial charge in [-0.3, -0.25) is 9.69 Å². The second kappa shape index (κ2) is 11.0. The van der Waals surface area contributed by atoms with E-state index in [4.69, 9.17) is 26.8 Å². The van der Waals surface area contributed by atoms with E-state index in [0.717, 1.165) is 28.1 Å². The Morgan fingerprint density at radius 1 is 0.946 bits per heavy atom. The second-order valence-electron chi connectivity index (χ2n) is 8.35. The first kappa shape index (κ1) is 24.8. The molecule has 1 saturated heterocycles. The SMILES string of the molecule is COc1ccc(CCN2C(=O)C(=Cc3cn(-c4ccccc4)nc3-c3ccccc3)SC2=S)cc1OC. The zero-order valence-corrected chi connectivity index (χ0v) is 22.1. The van der Waals surface area contributed by atoms with Crippen LogP contribution in [0.5, 0.6) is 11.5 Å². The third-order valence-electron chi connectivity index (χ3n) is 6.04. The molecule has 1 amide bonds. The number of thiocarbonyl (C=S) groups is 1. The molecule has 1 aromatic heterocycles. The molecular weight excluding hydrogens is 502 g/mol. The van der Waals surface area contributed by atoms with Crippen LogP contribution in [0.2, 0.25) is 0 Å². The minimum absolute atomic E-state index is 0.0954. The summed E-state index contributed by atoms with van der Waals surface area (Å²) in [6, 6.07) is 25.7. The predicted molar refractivity (Wildman–Crippen MR) is 152 cm³/mol. The van der Waals surface area contributed by atoms with Crippen molar-refractivity contribution >= 4 is 40.3 Å². The van der Waals surface area contributed by atoms with Crippen LogP contribution in [0.15, 0.2) is 90.0 Å². The number of carbonyl (C=O) groups excluding carboxylic acids is 1. The normalized spacial score (nSPS) is 14.4. The van der Waals surface area contributed by atoms with Crippen molar-refractivity contribution in [3.63, 3.8) is 0 Å². The van der Waals surface area contributed by atoms with Gasteiger partial charge in [0.2, 0.25) is 0 Å². The number of hydrogen-bond acceptors (Lipinski definition) is 6. The van der Waals surface area contributed by atoms with Crippen LogP contribution in [-0.4, -0.2) is 45.7 Å². The average Bonchev–Trinajstić information content (AvgIpc) is 3.48. The maximum Gasteiger partial charge on any atom is 0.266 e. The lowest BCUT2D eigenvalue weighted by Crippen LogP contribution is -2.30. The summed E-state index contributed by atoms with van der Waals surface area (Å²) < 4.78 is 13.1. The van der Waals surface area contributed by atoms with E-state index in [1.54, 1.807) is 19.1 Å². The van der Waals surface area contributed by atoms with Crippen molar-refractivity contribution in [3.05, 3.63) is 101 Å². The van der Waals surface area contributed by atoms with Gasteiger partial charge in [0.05, 0.1) is 30.5 Å². The Bertz CT molecular complexity index is 1470. The monoisotopic (exact) mass is 527 g/mol. The molecule has 0 saturated carbocycles. The Labute approximate surface area is 225 Å². The summed E-state index contributed by atoms with van der Waals surface area (Å²) in [6.07, 6.45) is 4.49. The van der Waals surface area contributed by atoms with Crippen molar-refractivity contribution in [2.24, 2.45) is 0 Å². The number of aromatic nitrogens is 2. The summed E-state index contributed by atoms with van der Waals surface area (Å²) in [5.74, 6) is 1.24. The van der Waals surface area contributed by atoms with Crippen LogP contribution in [0.25, 0.3) is 23.0 Å². The highest BCUT2D eigenvalue weighted by molar-refractivity contribution is 8.26. The molecule has 37 heavy (non-hydrogen) atoms. The van der Waals surface area contributed by atoms with E-state index in [1.807, 2.05) is 95.8 Å².